The molecule has 0 radical (unpaired) electrons. The van der Waals surface area contributed by atoms with Crippen molar-refractivity contribution in [1.29, 1.82) is 0 Å². The standard InChI is InChI=1S/C10H19NO2/c1-3-8(2)10(12)6-9-7-11-4-5-13-9/h8-9,11H,3-7H2,1-2H3. The molecule has 1 saturated heterocycles. The van der Waals surface area contributed by atoms with Crippen molar-refractivity contribution in [2.75, 3.05) is 19.7 Å². The van der Waals surface area contributed by atoms with E-state index in [2.05, 4.69) is 5.32 Å². The van der Waals surface area contributed by atoms with Crippen LogP contribution in [0.5, 0.6) is 0 Å². The minimum atomic E-state index is 0.107. The lowest BCUT2D eigenvalue weighted by molar-refractivity contribution is -0.125. The summed E-state index contributed by atoms with van der Waals surface area (Å²) in [6, 6.07) is 0. The number of ether oxygens (including phenoxy) is 1. The summed E-state index contributed by atoms with van der Waals surface area (Å²) in [5, 5.41) is 3.22. The molecule has 1 rings (SSSR count). The highest BCUT2D eigenvalue weighted by Gasteiger charge is 2.19. The molecule has 1 heterocycles. The molecule has 0 aliphatic carbocycles. The number of morpholine rings is 1. The van der Waals surface area contributed by atoms with Crippen molar-refractivity contribution in [3.8, 4) is 0 Å². The van der Waals surface area contributed by atoms with Gasteiger partial charge in [0, 0.05) is 25.4 Å². The van der Waals surface area contributed by atoms with Crippen molar-refractivity contribution >= 4 is 5.78 Å². The molecule has 3 nitrogen and oxygen atoms in total. The van der Waals surface area contributed by atoms with Gasteiger partial charge in [-0.15, -0.1) is 0 Å². The molecule has 0 amide bonds. The first kappa shape index (κ1) is 10.7. The summed E-state index contributed by atoms with van der Waals surface area (Å²) in [5.74, 6) is 0.515. The van der Waals surface area contributed by atoms with E-state index in [1.165, 1.54) is 0 Å². The number of rotatable bonds is 4. The second-order valence-corrected chi connectivity index (χ2v) is 3.68. The van der Waals surface area contributed by atoms with Crippen LogP contribution in [0, 0.1) is 5.92 Å². The van der Waals surface area contributed by atoms with E-state index in [0.717, 1.165) is 26.1 Å². The van der Waals surface area contributed by atoms with Gasteiger partial charge in [0.1, 0.15) is 5.78 Å². The number of carbonyl (C=O) groups is 1. The maximum atomic E-state index is 11.5. The van der Waals surface area contributed by atoms with Gasteiger partial charge >= 0.3 is 0 Å². The number of nitrogens with one attached hydrogen (secondary N) is 1. The molecule has 13 heavy (non-hydrogen) atoms. The molecule has 1 aliphatic heterocycles. The molecule has 3 heteroatoms. The second kappa shape index (κ2) is 5.35. The van der Waals surface area contributed by atoms with Crippen LogP contribution in [0.1, 0.15) is 26.7 Å². The predicted octanol–water partition coefficient (Wildman–Crippen LogP) is 0.980. The zero-order valence-electron chi connectivity index (χ0n) is 8.51. The Morgan fingerprint density at radius 3 is 3.00 bits per heavy atom. The minimum Gasteiger partial charge on any atom is -0.375 e. The average Bonchev–Trinajstić information content (AvgIpc) is 2.18. The summed E-state index contributed by atoms with van der Waals surface area (Å²) >= 11 is 0. The number of hydrogen-bond donors (Lipinski definition) is 1. The van der Waals surface area contributed by atoms with Gasteiger partial charge < -0.3 is 10.1 Å². The first-order valence-electron chi connectivity index (χ1n) is 5.09. The summed E-state index contributed by atoms with van der Waals surface area (Å²) < 4.78 is 5.46. The molecule has 2 unspecified atom stereocenters. The molecule has 0 saturated carbocycles. The van der Waals surface area contributed by atoms with Crippen molar-refractivity contribution in [2.24, 2.45) is 5.92 Å². The Labute approximate surface area is 79.8 Å². The Hall–Kier alpha value is -0.410. The van der Waals surface area contributed by atoms with Gasteiger partial charge in [-0.2, -0.15) is 0 Å². The summed E-state index contributed by atoms with van der Waals surface area (Å²) in [6.45, 7) is 6.50. The second-order valence-electron chi connectivity index (χ2n) is 3.68. The lowest BCUT2D eigenvalue weighted by atomic mass is 9.98. The SMILES string of the molecule is CCC(C)C(=O)CC1CNCCO1. The van der Waals surface area contributed by atoms with Crippen LogP contribution in [0.4, 0.5) is 0 Å². The molecule has 1 fully saturated rings. The molecule has 2 atom stereocenters. The first-order chi connectivity index (χ1) is 6.24. The van der Waals surface area contributed by atoms with Crippen LogP contribution in [0.3, 0.4) is 0 Å². The fourth-order valence-corrected chi connectivity index (χ4v) is 1.40. The van der Waals surface area contributed by atoms with Gasteiger partial charge in [-0.05, 0) is 6.42 Å². The largest absolute Gasteiger partial charge is 0.375 e. The molecule has 0 bridgehead atoms. The highest BCUT2D eigenvalue weighted by atomic mass is 16.5. The van der Waals surface area contributed by atoms with E-state index in [-0.39, 0.29) is 12.0 Å². The van der Waals surface area contributed by atoms with Gasteiger partial charge in [-0.1, -0.05) is 13.8 Å². The van der Waals surface area contributed by atoms with Crippen molar-refractivity contribution in [3.05, 3.63) is 0 Å². The van der Waals surface area contributed by atoms with E-state index in [4.69, 9.17) is 4.74 Å². The van der Waals surface area contributed by atoms with E-state index >= 15 is 0 Å². The molecule has 1 aliphatic rings. The van der Waals surface area contributed by atoms with Crippen LogP contribution in [0.15, 0.2) is 0 Å². The van der Waals surface area contributed by atoms with Crippen LogP contribution in [0.25, 0.3) is 0 Å². The lowest BCUT2D eigenvalue weighted by Gasteiger charge is -2.23. The van der Waals surface area contributed by atoms with E-state index in [1.54, 1.807) is 0 Å². The fourth-order valence-electron chi connectivity index (χ4n) is 1.40. The van der Waals surface area contributed by atoms with E-state index in [1.807, 2.05) is 13.8 Å². The molecular formula is C10H19NO2. The first-order valence-corrected chi connectivity index (χ1v) is 5.09. The smallest absolute Gasteiger partial charge is 0.138 e. The third-order valence-corrected chi connectivity index (χ3v) is 2.60. The normalized spacial score (nSPS) is 25.5. The van der Waals surface area contributed by atoms with Gasteiger partial charge in [0.15, 0.2) is 0 Å². The molecule has 0 aromatic heterocycles. The van der Waals surface area contributed by atoms with Crippen LogP contribution in [-0.2, 0) is 9.53 Å². The fraction of sp³-hybridized carbons (Fsp3) is 0.900. The Bertz CT molecular complexity index is 164. The highest BCUT2D eigenvalue weighted by Crippen LogP contribution is 2.10. The zero-order valence-corrected chi connectivity index (χ0v) is 8.51. The topological polar surface area (TPSA) is 38.3 Å². The van der Waals surface area contributed by atoms with Crippen LogP contribution in [0.2, 0.25) is 0 Å². The third kappa shape index (κ3) is 3.44. The van der Waals surface area contributed by atoms with Crippen molar-refractivity contribution < 1.29 is 9.53 Å². The van der Waals surface area contributed by atoms with Crippen LogP contribution in [-0.4, -0.2) is 31.6 Å². The summed E-state index contributed by atoms with van der Waals surface area (Å²) in [7, 11) is 0. The van der Waals surface area contributed by atoms with Crippen molar-refractivity contribution in [3.63, 3.8) is 0 Å². The Kier molecular flexibility index (Phi) is 4.39. The summed E-state index contributed by atoms with van der Waals surface area (Å²) in [4.78, 5) is 11.5. The van der Waals surface area contributed by atoms with Gasteiger partial charge in [0.05, 0.1) is 12.7 Å². The number of carbonyl (C=O) groups excluding carboxylic acids is 1. The lowest BCUT2D eigenvalue weighted by Crippen LogP contribution is -2.40. The number of ketones is 1. The van der Waals surface area contributed by atoms with E-state index in [9.17, 15) is 4.79 Å². The predicted molar refractivity (Wildman–Crippen MR) is 51.7 cm³/mol. The third-order valence-electron chi connectivity index (χ3n) is 2.60. The Balaban J connectivity index is 2.26. The molecule has 1 N–H and O–H groups in total. The summed E-state index contributed by atoms with van der Waals surface area (Å²) in [6.07, 6.45) is 1.61. The average molecular weight is 185 g/mol. The van der Waals surface area contributed by atoms with E-state index < -0.39 is 0 Å². The molecular weight excluding hydrogens is 166 g/mol. The van der Waals surface area contributed by atoms with Gasteiger partial charge in [-0.3, -0.25) is 4.79 Å². The number of Topliss-reactive ketones (excluding diaryl/α,β-unsaturated/α-hetero) is 1. The van der Waals surface area contributed by atoms with Crippen LogP contribution < -0.4 is 5.32 Å². The quantitative estimate of drug-likeness (QED) is 0.709. The summed E-state index contributed by atoms with van der Waals surface area (Å²) in [5.41, 5.74) is 0. The molecule has 76 valence electrons. The van der Waals surface area contributed by atoms with Gasteiger partial charge in [0.25, 0.3) is 0 Å². The molecule has 0 spiro atoms. The van der Waals surface area contributed by atoms with Crippen molar-refractivity contribution in [1.82, 2.24) is 5.32 Å². The highest BCUT2D eigenvalue weighted by molar-refractivity contribution is 5.81. The molecule has 0 aromatic rings. The maximum absolute atomic E-state index is 11.5. The number of hydrogen-bond acceptors (Lipinski definition) is 3. The van der Waals surface area contributed by atoms with Gasteiger partial charge in [0.2, 0.25) is 0 Å². The minimum absolute atomic E-state index is 0.107. The zero-order chi connectivity index (χ0) is 9.68. The Morgan fingerprint density at radius 2 is 2.46 bits per heavy atom. The van der Waals surface area contributed by atoms with Gasteiger partial charge in [-0.25, -0.2) is 0 Å². The monoisotopic (exact) mass is 185 g/mol. The molecule has 0 aromatic carbocycles. The van der Waals surface area contributed by atoms with E-state index in [0.29, 0.717) is 12.2 Å². The van der Waals surface area contributed by atoms with Crippen molar-refractivity contribution in [2.45, 2.75) is 32.8 Å². The maximum Gasteiger partial charge on any atom is 0.138 e. The van der Waals surface area contributed by atoms with Crippen LogP contribution >= 0.6 is 0 Å². The Morgan fingerprint density at radius 1 is 1.69 bits per heavy atom.